The van der Waals surface area contributed by atoms with E-state index in [1.54, 1.807) is 33.3 Å². The number of carbonyl (C=O) groups is 2. The smallest absolute Gasteiger partial charge is 0.356 e. The molecule has 0 bridgehead atoms. The van der Waals surface area contributed by atoms with Crippen molar-refractivity contribution in [2.45, 2.75) is 40.0 Å². The summed E-state index contributed by atoms with van der Waals surface area (Å²) < 4.78 is 15.9. The molecule has 0 saturated carbocycles. The number of amides is 1. The van der Waals surface area contributed by atoms with Gasteiger partial charge in [-0.05, 0) is 25.8 Å². The third kappa shape index (κ3) is 5.31. The molecule has 0 spiro atoms. The average molecular weight is 433 g/mol. The summed E-state index contributed by atoms with van der Waals surface area (Å²) in [6.07, 6.45) is 2.79. The molecule has 3 N–H and O–H groups in total. The number of rotatable bonds is 8. The van der Waals surface area contributed by atoms with E-state index in [1.807, 2.05) is 0 Å². The molecule has 8 heteroatoms. The molecule has 8 nitrogen and oxygen atoms in total. The third-order valence-corrected chi connectivity index (χ3v) is 5.86. The molecule has 3 rings (SSSR count). The van der Waals surface area contributed by atoms with Crippen molar-refractivity contribution < 1.29 is 28.7 Å². The Bertz CT molecular complexity index is 950. The lowest BCUT2D eigenvalue weighted by molar-refractivity contribution is -0.911. The highest BCUT2D eigenvalue weighted by atomic mass is 16.5. The Labute approximate surface area is 183 Å². The minimum Gasteiger partial charge on any atom is -0.493 e. The number of nitrogens with one attached hydrogen (secondary N) is 3. The van der Waals surface area contributed by atoms with Crippen molar-refractivity contribution >= 4 is 28.5 Å². The number of ether oxygens (including phenoxy) is 3. The number of anilines is 1. The highest BCUT2D eigenvalue weighted by Crippen LogP contribution is 2.37. The van der Waals surface area contributed by atoms with Gasteiger partial charge in [-0.1, -0.05) is 13.8 Å². The second kappa shape index (κ2) is 9.60. The number of benzene rings is 1. The zero-order chi connectivity index (χ0) is 22.6. The van der Waals surface area contributed by atoms with Gasteiger partial charge in [-0.25, -0.2) is 4.79 Å². The van der Waals surface area contributed by atoms with Gasteiger partial charge in [0.25, 0.3) is 0 Å². The average Bonchev–Trinajstić information content (AvgIpc) is 3.08. The molecule has 170 valence electrons. The lowest BCUT2D eigenvalue weighted by Crippen LogP contribution is -3.14. The van der Waals surface area contributed by atoms with Crippen LogP contribution in [-0.4, -0.2) is 57.3 Å². The molecule has 1 unspecified atom stereocenters. The normalized spacial score (nSPS) is 17.9. The fourth-order valence-corrected chi connectivity index (χ4v) is 4.38. The van der Waals surface area contributed by atoms with Crippen molar-refractivity contribution in [3.63, 3.8) is 0 Å². The third-order valence-electron chi connectivity index (χ3n) is 5.86. The summed E-state index contributed by atoms with van der Waals surface area (Å²) in [4.78, 5) is 29.9. The number of esters is 1. The number of fused-ring (bicyclic) bond motifs is 1. The van der Waals surface area contributed by atoms with Crippen LogP contribution in [0.1, 0.15) is 50.5 Å². The second-order valence-electron chi connectivity index (χ2n) is 8.84. The molecule has 1 amide bonds. The summed E-state index contributed by atoms with van der Waals surface area (Å²) in [5.74, 6) is 0.396. The molecule has 1 atom stereocenters. The van der Waals surface area contributed by atoms with E-state index in [2.05, 4.69) is 24.1 Å². The maximum atomic E-state index is 12.8. The topological polar surface area (TPSA) is 94.1 Å². The minimum atomic E-state index is -0.518. The largest absolute Gasteiger partial charge is 0.493 e. The Balaban J connectivity index is 1.83. The number of aromatic amines is 1. The van der Waals surface area contributed by atoms with Crippen molar-refractivity contribution in [3.05, 3.63) is 17.8 Å². The van der Waals surface area contributed by atoms with Crippen LogP contribution in [0, 0.1) is 5.41 Å². The first-order chi connectivity index (χ1) is 14.8. The number of aromatic nitrogens is 1. The van der Waals surface area contributed by atoms with Crippen LogP contribution in [0.25, 0.3) is 10.9 Å². The van der Waals surface area contributed by atoms with Crippen LogP contribution < -0.4 is 19.7 Å². The van der Waals surface area contributed by atoms with Crippen molar-refractivity contribution in [1.29, 1.82) is 0 Å². The Morgan fingerprint density at radius 1 is 1.19 bits per heavy atom. The quantitative estimate of drug-likeness (QED) is 0.557. The molecule has 1 aliphatic heterocycles. The van der Waals surface area contributed by atoms with Gasteiger partial charge >= 0.3 is 5.97 Å². The molecule has 1 aromatic carbocycles. The number of hydrogen-bond donors (Lipinski definition) is 3. The van der Waals surface area contributed by atoms with Crippen molar-refractivity contribution in [3.8, 4) is 11.5 Å². The van der Waals surface area contributed by atoms with Gasteiger partial charge < -0.3 is 29.4 Å². The second-order valence-corrected chi connectivity index (χ2v) is 8.84. The van der Waals surface area contributed by atoms with Crippen molar-refractivity contribution in [1.82, 2.24) is 4.98 Å². The van der Waals surface area contributed by atoms with Crippen LogP contribution in [-0.2, 0) is 9.53 Å². The molecular formula is C23H34N3O5+. The van der Waals surface area contributed by atoms with Crippen molar-refractivity contribution in [2.24, 2.45) is 5.41 Å². The molecular weight excluding hydrogens is 398 g/mol. The zero-order valence-electron chi connectivity index (χ0n) is 19.1. The number of methoxy groups -OCH3 is 2. The minimum absolute atomic E-state index is 0.128. The highest BCUT2D eigenvalue weighted by molar-refractivity contribution is 6.11. The SMILES string of the molecule is CCOC(=O)c1[nH]c2cc(OC)c(OC)cc2c1NC(=O)CC[NH+]1CCCC(C)(C)C1. The van der Waals surface area contributed by atoms with E-state index >= 15 is 0 Å². The van der Waals surface area contributed by atoms with E-state index < -0.39 is 5.97 Å². The number of carbonyl (C=O) groups excluding carboxylic acids is 2. The van der Waals surface area contributed by atoms with Gasteiger partial charge in [0, 0.05) is 16.9 Å². The maximum absolute atomic E-state index is 12.8. The summed E-state index contributed by atoms with van der Waals surface area (Å²) in [5, 5.41) is 3.61. The maximum Gasteiger partial charge on any atom is 0.356 e. The number of H-pyrrole nitrogens is 1. The van der Waals surface area contributed by atoms with E-state index in [0.717, 1.165) is 19.6 Å². The molecule has 0 radical (unpaired) electrons. The predicted molar refractivity (Wildman–Crippen MR) is 119 cm³/mol. The Kier molecular flexibility index (Phi) is 7.10. The molecule has 1 aliphatic rings. The van der Waals surface area contributed by atoms with E-state index in [1.165, 1.54) is 17.7 Å². The number of hydrogen-bond acceptors (Lipinski definition) is 5. The van der Waals surface area contributed by atoms with Gasteiger partial charge in [-0.15, -0.1) is 0 Å². The highest BCUT2D eigenvalue weighted by Gasteiger charge is 2.30. The van der Waals surface area contributed by atoms with Gasteiger partial charge in [0.1, 0.15) is 5.69 Å². The van der Waals surface area contributed by atoms with E-state index in [9.17, 15) is 9.59 Å². The Hall–Kier alpha value is -2.74. The molecule has 1 aromatic heterocycles. The van der Waals surface area contributed by atoms with Crippen LogP contribution >= 0.6 is 0 Å². The molecule has 2 heterocycles. The zero-order valence-corrected chi connectivity index (χ0v) is 19.1. The summed E-state index contributed by atoms with van der Waals surface area (Å²) in [6, 6.07) is 3.49. The first-order valence-corrected chi connectivity index (χ1v) is 10.9. The number of likely N-dealkylation sites (tertiary alicyclic amines) is 1. The van der Waals surface area contributed by atoms with Crippen LogP contribution in [0.2, 0.25) is 0 Å². The first-order valence-electron chi connectivity index (χ1n) is 10.9. The van der Waals surface area contributed by atoms with Gasteiger partial charge in [-0.2, -0.15) is 0 Å². The fourth-order valence-electron chi connectivity index (χ4n) is 4.38. The van der Waals surface area contributed by atoms with Crippen LogP contribution in [0.15, 0.2) is 12.1 Å². The summed E-state index contributed by atoms with van der Waals surface area (Å²) in [7, 11) is 3.09. The van der Waals surface area contributed by atoms with E-state index in [4.69, 9.17) is 14.2 Å². The van der Waals surface area contributed by atoms with Crippen LogP contribution in [0.4, 0.5) is 5.69 Å². The first kappa shape index (κ1) is 22.9. The summed E-state index contributed by atoms with van der Waals surface area (Å²) in [5.41, 5.74) is 1.59. The Morgan fingerprint density at radius 3 is 2.55 bits per heavy atom. The van der Waals surface area contributed by atoms with Gasteiger partial charge in [0.05, 0.1) is 58.1 Å². The number of piperidine rings is 1. The molecule has 2 aromatic rings. The fraction of sp³-hybridized carbons (Fsp3) is 0.565. The molecule has 1 fully saturated rings. The van der Waals surface area contributed by atoms with Crippen molar-refractivity contribution in [2.75, 3.05) is 45.8 Å². The molecule has 31 heavy (non-hydrogen) atoms. The van der Waals surface area contributed by atoms with Gasteiger partial charge in [0.2, 0.25) is 5.91 Å². The van der Waals surface area contributed by atoms with E-state index in [0.29, 0.717) is 39.9 Å². The Morgan fingerprint density at radius 2 is 1.90 bits per heavy atom. The van der Waals surface area contributed by atoms with E-state index in [-0.39, 0.29) is 18.2 Å². The molecule has 1 saturated heterocycles. The predicted octanol–water partition coefficient (Wildman–Crippen LogP) is 2.40. The lowest BCUT2D eigenvalue weighted by atomic mass is 9.84. The lowest BCUT2D eigenvalue weighted by Gasteiger charge is -2.35. The van der Waals surface area contributed by atoms with Crippen LogP contribution in [0.3, 0.4) is 0 Å². The summed E-state index contributed by atoms with van der Waals surface area (Å²) >= 11 is 0. The summed E-state index contributed by atoms with van der Waals surface area (Å²) in [6.45, 7) is 9.48. The van der Waals surface area contributed by atoms with Gasteiger partial charge in [-0.3, -0.25) is 4.79 Å². The number of quaternary nitrogens is 1. The molecule has 0 aliphatic carbocycles. The van der Waals surface area contributed by atoms with Gasteiger partial charge in [0.15, 0.2) is 11.5 Å². The monoisotopic (exact) mass is 432 g/mol. The standard InChI is InChI=1S/C23H33N3O5/c1-6-31-22(28)21-20(15-12-17(29-4)18(30-5)13-16(15)24-21)25-19(27)8-11-26-10-7-9-23(2,3)14-26/h12-13,24H,6-11,14H2,1-5H3,(H,25,27)/p+1. The van der Waals surface area contributed by atoms with Crippen LogP contribution in [0.5, 0.6) is 11.5 Å².